The summed E-state index contributed by atoms with van der Waals surface area (Å²) in [7, 11) is 0. The van der Waals surface area contributed by atoms with Crippen molar-refractivity contribution in [3.05, 3.63) is 58.9 Å². The molecule has 0 radical (unpaired) electrons. The van der Waals surface area contributed by atoms with Crippen LogP contribution in [0.5, 0.6) is 11.5 Å². The first-order valence-corrected chi connectivity index (χ1v) is 6.88. The highest BCUT2D eigenvalue weighted by Crippen LogP contribution is 2.35. The Labute approximate surface area is 134 Å². The summed E-state index contributed by atoms with van der Waals surface area (Å²) in [5.74, 6) is -0.982. The summed E-state index contributed by atoms with van der Waals surface area (Å²) in [6.07, 6.45) is -4.72. The van der Waals surface area contributed by atoms with Crippen molar-refractivity contribution in [1.82, 2.24) is 5.32 Å². The summed E-state index contributed by atoms with van der Waals surface area (Å²) < 4.78 is 62.2. The number of carbonyl (C=O) groups excluding carboxylic acids is 1. The van der Waals surface area contributed by atoms with E-state index in [1.54, 1.807) is 12.1 Å². The van der Waals surface area contributed by atoms with Gasteiger partial charge >= 0.3 is 6.18 Å². The Morgan fingerprint density at radius 2 is 1.96 bits per heavy atom. The molecule has 24 heavy (non-hydrogen) atoms. The summed E-state index contributed by atoms with van der Waals surface area (Å²) in [4.78, 5) is 12.2. The highest BCUT2D eigenvalue weighted by molar-refractivity contribution is 5.97. The molecular formula is C16H11F4NO3. The number of hydrogen-bond donors (Lipinski definition) is 1. The number of ether oxygens (including phenoxy) is 2. The zero-order valence-electron chi connectivity index (χ0n) is 12.1. The van der Waals surface area contributed by atoms with E-state index in [-0.39, 0.29) is 23.7 Å². The molecule has 0 spiro atoms. The van der Waals surface area contributed by atoms with E-state index in [1.807, 2.05) is 0 Å². The van der Waals surface area contributed by atoms with E-state index in [1.165, 1.54) is 6.07 Å². The maximum Gasteiger partial charge on any atom is 0.416 e. The minimum Gasteiger partial charge on any atom is -0.454 e. The van der Waals surface area contributed by atoms with Crippen molar-refractivity contribution in [3.63, 3.8) is 0 Å². The van der Waals surface area contributed by atoms with Crippen LogP contribution in [0.25, 0.3) is 0 Å². The van der Waals surface area contributed by atoms with Crippen LogP contribution in [-0.2, 0) is 12.7 Å². The van der Waals surface area contributed by atoms with Gasteiger partial charge in [0.15, 0.2) is 11.5 Å². The predicted octanol–water partition coefficient (Wildman–Crippen LogP) is 3.50. The van der Waals surface area contributed by atoms with Crippen LogP contribution in [0.15, 0.2) is 36.4 Å². The molecule has 0 fully saturated rings. The predicted molar refractivity (Wildman–Crippen MR) is 75.1 cm³/mol. The molecule has 0 aliphatic carbocycles. The fraction of sp³-hybridized carbons (Fsp3) is 0.188. The van der Waals surface area contributed by atoms with Gasteiger partial charge in [-0.3, -0.25) is 4.79 Å². The number of alkyl halides is 3. The van der Waals surface area contributed by atoms with Crippen LogP contribution >= 0.6 is 0 Å². The first-order chi connectivity index (χ1) is 11.4. The smallest absolute Gasteiger partial charge is 0.416 e. The van der Waals surface area contributed by atoms with E-state index < -0.39 is 30.0 Å². The van der Waals surface area contributed by atoms with Gasteiger partial charge in [-0.05, 0) is 29.8 Å². The number of para-hydroxylation sites is 1. The molecular weight excluding hydrogens is 330 g/mol. The maximum absolute atomic E-state index is 13.1. The standard InChI is InChI=1S/C16H11F4NO3/c17-10-5-4-9(12(6-10)16(18,19)20)7-21-15(22)11-2-1-3-13-14(11)24-8-23-13/h1-6H,7-8H2,(H,21,22). The quantitative estimate of drug-likeness (QED) is 0.869. The third-order valence-corrected chi connectivity index (χ3v) is 3.46. The molecule has 3 rings (SSSR count). The maximum atomic E-state index is 13.1. The van der Waals surface area contributed by atoms with Crippen molar-refractivity contribution in [2.75, 3.05) is 6.79 Å². The second-order valence-corrected chi connectivity index (χ2v) is 5.02. The number of amides is 1. The lowest BCUT2D eigenvalue weighted by Crippen LogP contribution is -2.25. The van der Waals surface area contributed by atoms with Gasteiger partial charge < -0.3 is 14.8 Å². The van der Waals surface area contributed by atoms with E-state index in [0.717, 1.165) is 12.1 Å². The van der Waals surface area contributed by atoms with Crippen molar-refractivity contribution in [2.45, 2.75) is 12.7 Å². The average molecular weight is 341 g/mol. The zero-order chi connectivity index (χ0) is 17.3. The van der Waals surface area contributed by atoms with Crippen molar-refractivity contribution >= 4 is 5.91 Å². The molecule has 1 amide bonds. The van der Waals surface area contributed by atoms with Crippen LogP contribution in [0.2, 0.25) is 0 Å². The van der Waals surface area contributed by atoms with Crippen LogP contribution in [0.3, 0.4) is 0 Å². The van der Waals surface area contributed by atoms with E-state index in [9.17, 15) is 22.4 Å². The molecule has 0 unspecified atom stereocenters. The molecule has 0 saturated carbocycles. The lowest BCUT2D eigenvalue weighted by Gasteiger charge is -2.14. The van der Waals surface area contributed by atoms with Gasteiger partial charge in [0.2, 0.25) is 6.79 Å². The van der Waals surface area contributed by atoms with Crippen LogP contribution in [0.1, 0.15) is 21.5 Å². The molecule has 8 heteroatoms. The molecule has 0 aromatic heterocycles. The van der Waals surface area contributed by atoms with Gasteiger partial charge in [-0.15, -0.1) is 0 Å². The Kier molecular flexibility index (Phi) is 4.04. The Hall–Kier alpha value is -2.77. The van der Waals surface area contributed by atoms with Gasteiger partial charge in [0.05, 0.1) is 11.1 Å². The van der Waals surface area contributed by atoms with Gasteiger partial charge in [-0.1, -0.05) is 12.1 Å². The first kappa shape index (κ1) is 16.1. The summed E-state index contributed by atoms with van der Waals surface area (Å²) in [6.45, 7) is -0.436. The molecule has 4 nitrogen and oxygen atoms in total. The Morgan fingerprint density at radius 1 is 1.17 bits per heavy atom. The van der Waals surface area contributed by atoms with Crippen LogP contribution in [0.4, 0.5) is 17.6 Å². The monoisotopic (exact) mass is 341 g/mol. The van der Waals surface area contributed by atoms with Crippen molar-refractivity contribution in [2.24, 2.45) is 0 Å². The number of benzene rings is 2. The molecule has 2 aromatic carbocycles. The van der Waals surface area contributed by atoms with Gasteiger partial charge in [-0.25, -0.2) is 4.39 Å². The third-order valence-electron chi connectivity index (χ3n) is 3.46. The fourth-order valence-corrected chi connectivity index (χ4v) is 2.35. The Bertz CT molecular complexity index is 789. The Balaban J connectivity index is 1.80. The summed E-state index contributed by atoms with van der Waals surface area (Å²) in [5.41, 5.74) is -1.21. The van der Waals surface area contributed by atoms with Crippen molar-refractivity contribution in [3.8, 4) is 11.5 Å². The molecule has 0 atom stereocenters. The normalized spacial score (nSPS) is 13.0. The van der Waals surface area contributed by atoms with Gasteiger partial charge in [-0.2, -0.15) is 13.2 Å². The van der Waals surface area contributed by atoms with Gasteiger partial charge in [0, 0.05) is 6.54 Å². The number of carbonyl (C=O) groups is 1. The lowest BCUT2D eigenvalue weighted by molar-refractivity contribution is -0.138. The highest BCUT2D eigenvalue weighted by atomic mass is 19.4. The second kappa shape index (κ2) is 6.03. The number of rotatable bonds is 3. The van der Waals surface area contributed by atoms with Crippen molar-refractivity contribution < 1.29 is 31.8 Å². The lowest BCUT2D eigenvalue weighted by atomic mass is 10.1. The summed E-state index contributed by atoms with van der Waals surface area (Å²) >= 11 is 0. The van der Waals surface area contributed by atoms with E-state index in [0.29, 0.717) is 11.8 Å². The minimum atomic E-state index is -4.72. The molecule has 1 N–H and O–H groups in total. The Morgan fingerprint density at radius 3 is 2.71 bits per heavy atom. The SMILES string of the molecule is O=C(NCc1ccc(F)cc1C(F)(F)F)c1cccc2c1OCO2. The number of fused-ring (bicyclic) bond motifs is 1. The van der Waals surface area contributed by atoms with Crippen LogP contribution in [0, 0.1) is 5.82 Å². The molecule has 1 aliphatic rings. The van der Waals surface area contributed by atoms with E-state index >= 15 is 0 Å². The fourth-order valence-electron chi connectivity index (χ4n) is 2.35. The van der Waals surface area contributed by atoms with Gasteiger partial charge in [0.25, 0.3) is 5.91 Å². The van der Waals surface area contributed by atoms with Gasteiger partial charge in [0.1, 0.15) is 5.82 Å². The third kappa shape index (κ3) is 3.12. The van der Waals surface area contributed by atoms with E-state index in [2.05, 4.69) is 5.32 Å². The first-order valence-electron chi connectivity index (χ1n) is 6.88. The molecule has 2 aromatic rings. The van der Waals surface area contributed by atoms with E-state index in [4.69, 9.17) is 9.47 Å². The average Bonchev–Trinajstić information content (AvgIpc) is 3.01. The highest BCUT2D eigenvalue weighted by Gasteiger charge is 2.34. The summed E-state index contributed by atoms with van der Waals surface area (Å²) in [5, 5.41) is 2.38. The topological polar surface area (TPSA) is 47.6 Å². The zero-order valence-corrected chi connectivity index (χ0v) is 12.1. The largest absolute Gasteiger partial charge is 0.454 e. The molecule has 1 heterocycles. The summed E-state index contributed by atoms with van der Waals surface area (Å²) in [6, 6.07) is 6.96. The van der Waals surface area contributed by atoms with Crippen LogP contribution < -0.4 is 14.8 Å². The van der Waals surface area contributed by atoms with Crippen molar-refractivity contribution in [1.29, 1.82) is 0 Å². The minimum absolute atomic E-state index is 0.0319. The number of hydrogen-bond acceptors (Lipinski definition) is 3. The second-order valence-electron chi connectivity index (χ2n) is 5.02. The number of halogens is 4. The number of nitrogens with one attached hydrogen (secondary N) is 1. The molecule has 0 saturated heterocycles. The molecule has 0 bridgehead atoms. The molecule has 126 valence electrons. The van der Waals surface area contributed by atoms with Crippen LogP contribution in [-0.4, -0.2) is 12.7 Å². The molecule has 1 aliphatic heterocycles.